The highest BCUT2D eigenvalue weighted by atomic mass is 35.5. The number of methoxy groups -OCH3 is 1. The zero-order valence-corrected chi connectivity index (χ0v) is 14.8. The molecule has 1 aromatic heterocycles. The van der Waals surface area contributed by atoms with Crippen LogP contribution in [0.3, 0.4) is 0 Å². The first-order valence-electron chi connectivity index (χ1n) is 7.17. The number of rotatable bonds is 7. The summed E-state index contributed by atoms with van der Waals surface area (Å²) in [7, 11) is -2.51. The molecule has 2 aromatic rings. The molecule has 0 amide bonds. The number of carbonyl (C=O) groups excluding carboxylic acids is 1. The molecule has 0 aliphatic heterocycles. The van der Waals surface area contributed by atoms with Gasteiger partial charge in [0.2, 0.25) is 15.9 Å². The smallest absolute Gasteiger partial charge is 0.360 e. The van der Waals surface area contributed by atoms with E-state index in [1.807, 2.05) is 6.92 Å². The molecule has 0 spiro atoms. The molecule has 9 heteroatoms. The number of esters is 1. The Morgan fingerprint density at radius 2 is 2.00 bits per heavy atom. The Labute approximate surface area is 145 Å². The van der Waals surface area contributed by atoms with Gasteiger partial charge in [0.05, 0.1) is 18.6 Å². The van der Waals surface area contributed by atoms with Crippen molar-refractivity contribution in [3.05, 3.63) is 47.1 Å². The second kappa shape index (κ2) is 7.78. The maximum atomic E-state index is 12.8. The number of ether oxygens (including phenoxy) is 1. The van der Waals surface area contributed by atoms with Gasteiger partial charge in [0.25, 0.3) is 0 Å². The summed E-state index contributed by atoms with van der Waals surface area (Å²) in [6, 6.07) is 5.91. The number of hydrogen-bond acceptors (Lipinski definition) is 6. The second-order valence-electron chi connectivity index (χ2n) is 4.91. The maximum Gasteiger partial charge on any atom is 0.360 e. The fourth-order valence-electron chi connectivity index (χ4n) is 2.02. The Morgan fingerprint density at radius 1 is 1.33 bits per heavy atom. The predicted octanol–water partition coefficient (Wildman–Crippen LogP) is 2.72. The Bertz CT molecular complexity index is 802. The lowest BCUT2D eigenvalue weighted by Crippen LogP contribution is -2.31. The highest BCUT2D eigenvalue weighted by Crippen LogP contribution is 2.20. The molecule has 1 aromatic carbocycles. The van der Waals surface area contributed by atoms with Crippen molar-refractivity contribution in [1.82, 2.24) is 9.29 Å². The van der Waals surface area contributed by atoms with Gasteiger partial charge in [0, 0.05) is 11.6 Å². The fourth-order valence-corrected chi connectivity index (χ4v) is 3.63. The van der Waals surface area contributed by atoms with Crippen LogP contribution in [-0.4, -0.2) is 37.3 Å². The molecule has 2 rings (SSSR count). The van der Waals surface area contributed by atoms with Crippen LogP contribution < -0.4 is 0 Å². The van der Waals surface area contributed by atoms with E-state index in [-0.39, 0.29) is 29.6 Å². The first kappa shape index (κ1) is 18.4. The first-order chi connectivity index (χ1) is 11.4. The molecule has 24 heavy (non-hydrogen) atoms. The van der Waals surface area contributed by atoms with Gasteiger partial charge >= 0.3 is 5.97 Å². The second-order valence-corrected chi connectivity index (χ2v) is 7.28. The van der Waals surface area contributed by atoms with Crippen molar-refractivity contribution in [3.8, 4) is 0 Å². The number of oxazole rings is 1. The Hall–Kier alpha value is -1.90. The Balaban J connectivity index is 2.26. The number of nitrogens with zero attached hydrogens (tertiary/aromatic N) is 2. The van der Waals surface area contributed by atoms with Crippen LogP contribution in [0.1, 0.15) is 29.7 Å². The molecule has 0 saturated heterocycles. The van der Waals surface area contributed by atoms with Crippen LogP contribution in [0.4, 0.5) is 0 Å². The van der Waals surface area contributed by atoms with Crippen LogP contribution in [0.5, 0.6) is 0 Å². The van der Waals surface area contributed by atoms with E-state index in [9.17, 15) is 13.2 Å². The summed E-state index contributed by atoms with van der Waals surface area (Å²) in [6.45, 7) is 2.05. The zero-order chi connectivity index (χ0) is 17.7. The molecule has 1 heterocycles. The minimum Gasteiger partial charge on any atom is -0.464 e. The molecule has 0 aliphatic carbocycles. The molecule has 0 unspecified atom stereocenters. The van der Waals surface area contributed by atoms with E-state index in [1.165, 1.54) is 35.7 Å². The van der Waals surface area contributed by atoms with Crippen LogP contribution in [-0.2, 0) is 21.3 Å². The van der Waals surface area contributed by atoms with Crippen molar-refractivity contribution in [1.29, 1.82) is 0 Å². The van der Waals surface area contributed by atoms with Crippen molar-refractivity contribution in [2.24, 2.45) is 0 Å². The minimum atomic E-state index is -3.74. The van der Waals surface area contributed by atoms with Gasteiger partial charge in [-0.1, -0.05) is 18.5 Å². The topological polar surface area (TPSA) is 89.7 Å². The fraction of sp³-hybridized carbons (Fsp3) is 0.333. The third-order valence-corrected chi connectivity index (χ3v) is 5.29. The third kappa shape index (κ3) is 4.14. The Morgan fingerprint density at radius 3 is 2.58 bits per heavy atom. The Kier molecular flexibility index (Phi) is 5.98. The molecule has 0 bridgehead atoms. The summed E-state index contributed by atoms with van der Waals surface area (Å²) in [6.07, 6.45) is 1.75. The van der Waals surface area contributed by atoms with Crippen molar-refractivity contribution in [3.63, 3.8) is 0 Å². The molecule has 0 fully saturated rings. The van der Waals surface area contributed by atoms with Crippen molar-refractivity contribution in [2.75, 3.05) is 13.7 Å². The van der Waals surface area contributed by atoms with Gasteiger partial charge in [0.15, 0.2) is 5.69 Å². The predicted molar refractivity (Wildman–Crippen MR) is 87.2 cm³/mol. The van der Waals surface area contributed by atoms with Crippen LogP contribution in [0.15, 0.2) is 39.8 Å². The average molecular weight is 373 g/mol. The standard InChI is InChI=1S/C15H17ClN2O5S/c1-3-8-18(9-14-17-13(10-23-14)15(19)22-2)24(20,21)12-6-4-11(16)5-7-12/h4-7,10H,3,8-9H2,1-2H3. The number of benzene rings is 1. The van der Waals surface area contributed by atoms with Gasteiger partial charge < -0.3 is 9.15 Å². The van der Waals surface area contributed by atoms with Crippen molar-refractivity contribution in [2.45, 2.75) is 24.8 Å². The lowest BCUT2D eigenvalue weighted by molar-refractivity contribution is 0.0594. The number of carbonyl (C=O) groups is 1. The molecule has 0 atom stereocenters. The van der Waals surface area contributed by atoms with Gasteiger partial charge in [-0.15, -0.1) is 0 Å². The third-order valence-electron chi connectivity index (χ3n) is 3.18. The lowest BCUT2D eigenvalue weighted by atomic mass is 10.4. The van der Waals surface area contributed by atoms with Gasteiger partial charge in [-0.3, -0.25) is 0 Å². The minimum absolute atomic E-state index is 0.00663. The van der Waals surface area contributed by atoms with E-state index in [1.54, 1.807) is 0 Å². The number of aromatic nitrogens is 1. The van der Waals surface area contributed by atoms with Crippen molar-refractivity contribution >= 4 is 27.6 Å². The van der Waals surface area contributed by atoms with Gasteiger partial charge in [0.1, 0.15) is 6.26 Å². The summed E-state index contributed by atoms with van der Waals surface area (Å²) in [5.41, 5.74) is -0.00663. The molecule has 0 radical (unpaired) electrons. The van der Waals surface area contributed by atoms with Crippen LogP contribution in [0, 0.1) is 0 Å². The summed E-state index contributed by atoms with van der Waals surface area (Å²) >= 11 is 5.80. The normalized spacial score (nSPS) is 11.7. The SMILES string of the molecule is CCCN(Cc1nc(C(=O)OC)co1)S(=O)(=O)c1ccc(Cl)cc1. The summed E-state index contributed by atoms with van der Waals surface area (Å²) < 4.78 is 36.5. The van der Waals surface area contributed by atoms with Gasteiger partial charge in [-0.05, 0) is 30.7 Å². The highest BCUT2D eigenvalue weighted by molar-refractivity contribution is 7.89. The monoisotopic (exact) mass is 372 g/mol. The average Bonchev–Trinajstić information content (AvgIpc) is 3.03. The molecule has 0 N–H and O–H groups in total. The summed E-state index contributed by atoms with van der Waals surface area (Å²) in [4.78, 5) is 15.5. The molecular formula is C15H17ClN2O5S. The molecule has 7 nitrogen and oxygen atoms in total. The van der Waals surface area contributed by atoms with Crippen LogP contribution in [0.25, 0.3) is 0 Å². The van der Waals surface area contributed by atoms with Crippen LogP contribution >= 0.6 is 11.6 Å². The number of hydrogen-bond donors (Lipinski definition) is 0. The quantitative estimate of drug-likeness (QED) is 0.694. The summed E-state index contributed by atoms with van der Waals surface area (Å²) in [5.74, 6) is -0.533. The molecule has 0 saturated carbocycles. The van der Waals surface area contributed by atoms with E-state index in [4.69, 9.17) is 16.0 Å². The molecular weight excluding hydrogens is 356 g/mol. The molecule has 130 valence electrons. The summed E-state index contributed by atoms with van der Waals surface area (Å²) in [5, 5.41) is 0.450. The molecule has 0 aliphatic rings. The van der Waals surface area contributed by atoms with Gasteiger partial charge in [-0.2, -0.15) is 4.31 Å². The van der Waals surface area contributed by atoms with Gasteiger partial charge in [-0.25, -0.2) is 18.2 Å². The largest absolute Gasteiger partial charge is 0.464 e. The van der Waals surface area contributed by atoms with Crippen LogP contribution in [0.2, 0.25) is 5.02 Å². The maximum absolute atomic E-state index is 12.8. The number of sulfonamides is 1. The lowest BCUT2D eigenvalue weighted by Gasteiger charge is -2.20. The van der Waals surface area contributed by atoms with E-state index in [0.29, 0.717) is 11.4 Å². The van der Waals surface area contributed by atoms with E-state index >= 15 is 0 Å². The van der Waals surface area contributed by atoms with E-state index in [0.717, 1.165) is 6.26 Å². The highest BCUT2D eigenvalue weighted by Gasteiger charge is 2.26. The van der Waals surface area contributed by atoms with E-state index in [2.05, 4.69) is 9.72 Å². The number of halogens is 1. The van der Waals surface area contributed by atoms with Crippen molar-refractivity contribution < 1.29 is 22.4 Å². The zero-order valence-electron chi connectivity index (χ0n) is 13.2. The van der Waals surface area contributed by atoms with E-state index < -0.39 is 16.0 Å². The first-order valence-corrected chi connectivity index (χ1v) is 8.98.